The Balaban J connectivity index is 2.11. The van der Waals surface area contributed by atoms with E-state index in [1.165, 1.54) is 11.4 Å². The first-order chi connectivity index (χ1) is 6.63. The molecule has 1 aromatic heterocycles. The van der Waals surface area contributed by atoms with E-state index < -0.39 is 0 Å². The minimum absolute atomic E-state index is 0.457. The minimum atomic E-state index is 0.457. The van der Waals surface area contributed by atoms with E-state index >= 15 is 0 Å². The summed E-state index contributed by atoms with van der Waals surface area (Å²) in [4.78, 5) is 0. The molecule has 0 radical (unpaired) electrons. The first kappa shape index (κ1) is 9.71. The van der Waals surface area contributed by atoms with Crippen molar-refractivity contribution in [2.75, 3.05) is 13.1 Å². The van der Waals surface area contributed by atoms with Gasteiger partial charge < -0.3 is 5.32 Å². The SMILES string of the molecule is CCc1cc(CC2(C)CNC2)n(C)n1. The third-order valence-corrected chi connectivity index (χ3v) is 3.10. The number of aryl methyl sites for hydroxylation is 2. The fourth-order valence-electron chi connectivity index (χ4n) is 2.02. The number of rotatable bonds is 3. The molecule has 2 rings (SSSR count). The molecule has 1 saturated heterocycles. The maximum atomic E-state index is 4.47. The monoisotopic (exact) mass is 193 g/mol. The fraction of sp³-hybridized carbons (Fsp3) is 0.727. The molecular weight excluding hydrogens is 174 g/mol. The maximum absolute atomic E-state index is 4.47. The Morgan fingerprint density at radius 2 is 2.29 bits per heavy atom. The van der Waals surface area contributed by atoms with Gasteiger partial charge in [-0.2, -0.15) is 5.10 Å². The molecule has 1 aromatic rings. The number of aromatic nitrogens is 2. The molecule has 0 unspecified atom stereocenters. The van der Waals surface area contributed by atoms with Gasteiger partial charge >= 0.3 is 0 Å². The molecule has 0 aliphatic carbocycles. The normalized spacial score (nSPS) is 19.4. The highest BCUT2D eigenvalue weighted by Crippen LogP contribution is 2.26. The van der Waals surface area contributed by atoms with Crippen LogP contribution in [0.3, 0.4) is 0 Å². The molecule has 1 aliphatic heterocycles. The Morgan fingerprint density at radius 1 is 1.57 bits per heavy atom. The van der Waals surface area contributed by atoms with Crippen molar-refractivity contribution in [3.8, 4) is 0 Å². The second kappa shape index (κ2) is 3.39. The van der Waals surface area contributed by atoms with Crippen molar-refractivity contribution in [2.24, 2.45) is 12.5 Å². The fourth-order valence-corrected chi connectivity index (χ4v) is 2.02. The van der Waals surface area contributed by atoms with Gasteiger partial charge in [-0.05, 0) is 24.3 Å². The predicted octanol–water partition coefficient (Wildman–Crippen LogP) is 1.13. The van der Waals surface area contributed by atoms with Crippen LogP contribution in [0.2, 0.25) is 0 Å². The number of hydrogen-bond donors (Lipinski definition) is 1. The van der Waals surface area contributed by atoms with Crippen molar-refractivity contribution >= 4 is 0 Å². The molecule has 14 heavy (non-hydrogen) atoms. The molecule has 1 N–H and O–H groups in total. The molecule has 1 fully saturated rings. The van der Waals surface area contributed by atoms with E-state index in [1.54, 1.807) is 0 Å². The molecule has 3 nitrogen and oxygen atoms in total. The maximum Gasteiger partial charge on any atom is 0.0624 e. The molecule has 78 valence electrons. The molecule has 0 atom stereocenters. The number of nitrogens with one attached hydrogen (secondary N) is 1. The lowest BCUT2D eigenvalue weighted by molar-refractivity contribution is 0.191. The van der Waals surface area contributed by atoms with Crippen molar-refractivity contribution in [3.05, 3.63) is 17.5 Å². The van der Waals surface area contributed by atoms with Gasteiger partial charge in [-0.1, -0.05) is 13.8 Å². The van der Waals surface area contributed by atoms with Gasteiger partial charge in [-0.25, -0.2) is 0 Å². The first-order valence-electron chi connectivity index (χ1n) is 5.35. The summed E-state index contributed by atoms with van der Waals surface area (Å²) in [6.07, 6.45) is 2.17. The van der Waals surface area contributed by atoms with Crippen molar-refractivity contribution in [3.63, 3.8) is 0 Å². The Labute approximate surface area is 85.5 Å². The highest BCUT2D eigenvalue weighted by molar-refractivity contribution is 5.13. The van der Waals surface area contributed by atoms with Crippen LogP contribution in [0.1, 0.15) is 25.2 Å². The summed E-state index contributed by atoms with van der Waals surface area (Å²) >= 11 is 0. The first-order valence-corrected chi connectivity index (χ1v) is 5.35. The zero-order valence-corrected chi connectivity index (χ0v) is 9.30. The molecule has 1 aliphatic rings. The average Bonchev–Trinajstić information content (AvgIpc) is 2.45. The Hall–Kier alpha value is -0.830. The average molecular weight is 193 g/mol. The lowest BCUT2D eigenvalue weighted by Crippen LogP contribution is -2.52. The van der Waals surface area contributed by atoms with Crippen LogP contribution in [0.15, 0.2) is 6.07 Å². The Morgan fingerprint density at radius 3 is 2.71 bits per heavy atom. The summed E-state index contributed by atoms with van der Waals surface area (Å²) in [6.45, 7) is 6.76. The molecule has 0 amide bonds. The molecule has 0 saturated carbocycles. The second-order valence-corrected chi connectivity index (χ2v) is 4.70. The van der Waals surface area contributed by atoms with Crippen molar-refractivity contribution in [2.45, 2.75) is 26.7 Å². The topological polar surface area (TPSA) is 29.9 Å². The van der Waals surface area contributed by atoms with Gasteiger partial charge in [-0.15, -0.1) is 0 Å². The molecule has 2 heterocycles. The zero-order chi connectivity index (χ0) is 10.2. The van der Waals surface area contributed by atoms with Crippen LogP contribution >= 0.6 is 0 Å². The van der Waals surface area contributed by atoms with Gasteiger partial charge in [0.25, 0.3) is 0 Å². The van der Waals surface area contributed by atoms with E-state index in [1.807, 2.05) is 11.7 Å². The van der Waals surface area contributed by atoms with Crippen LogP contribution in [0.5, 0.6) is 0 Å². The van der Waals surface area contributed by atoms with Gasteiger partial charge in [-0.3, -0.25) is 4.68 Å². The minimum Gasteiger partial charge on any atom is -0.316 e. The molecule has 0 bridgehead atoms. The summed E-state index contributed by atoms with van der Waals surface area (Å²) in [5.41, 5.74) is 3.03. The lowest BCUT2D eigenvalue weighted by atomic mass is 9.80. The largest absolute Gasteiger partial charge is 0.316 e. The highest BCUT2D eigenvalue weighted by Gasteiger charge is 2.32. The lowest BCUT2D eigenvalue weighted by Gasteiger charge is -2.39. The van der Waals surface area contributed by atoms with E-state index in [2.05, 4.69) is 30.3 Å². The number of nitrogens with zero attached hydrogens (tertiary/aromatic N) is 2. The van der Waals surface area contributed by atoms with Crippen molar-refractivity contribution in [1.29, 1.82) is 0 Å². The van der Waals surface area contributed by atoms with E-state index in [4.69, 9.17) is 0 Å². The van der Waals surface area contributed by atoms with Gasteiger partial charge in [0.15, 0.2) is 0 Å². The van der Waals surface area contributed by atoms with Crippen LogP contribution in [0.25, 0.3) is 0 Å². The summed E-state index contributed by atoms with van der Waals surface area (Å²) in [5.74, 6) is 0. The quantitative estimate of drug-likeness (QED) is 0.780. The van der Waals surface area contributed by atoms with E-state index in [-0.39, 0.29) is 0 Å². The van der Waals surface area contributed by atoms with Crippen LogP contribution in [-0.2, 0) is 19.9 Å². The summed E-state index contributed by atoms with van der Waals surface area (Å²) < 4.78 is 2.03. The molecule has 0 spiro atoms. The third kappa shape index (κ3) is 1.69. The van der Waals surface area contributed by atoms with Crippen LogP contribution < -0.4 is 5.32 Å². The third-order valence-electron chi connectivity index (χ3n) is 3.10. The molecule has 0 aromatic carbocycles. The standard InChI is InChI=1S/C11H19N3/c1-4-9-5-10(14(3)13-9)6-11(2)7-12-8-11/h5,12H,4,6-8H2,1-3H3. The van der Waals surface area contributed by atoms with Crippen molar-refractivity contribution < 1.29 is 0 Å². The highest BCUT2D eigenvalue weighted by atomic mass is 15.3. The van der Waals surface area contributed by atoms with Gasteiger partial charge in [0.05, 0.1) is 5.69 Å². The number of hydrogen-bond acceptors (Lipinski definition) is 2. The zero-order valence-electron chi connectivity index (χ0n) is 9.30. The van der Waals surface area contributed by atoms with Crippen molar-refractivity contribution in [1.82, 2.24) is 15.1 Å². The smallest absolute Gasteiger partial charge is 0.0624 e. The van der Waals surface area contributed by atoms with Crippen LogP contribution in [0.4, 0.5) is 0 Å². The van der Waals surface area contributed by atoms with Crippen LogP contribution in [0, 0.1) is 5.41 Å². The Bertz CT molecular complexity index is 323. The van der Waals surface area contributed by atoms with Gasteiger partial charge in [0, 0.05) is 25.8 Å². The molecular formula is C11H19N3. The summed E-state index contributed by atoms with van der Waals surface area (Å²) in [6, 6.07) is 2.24. The summed E-state index contributed by atoms with van der Waals surface area (Å²) in [7, 11) is 2.05. The predicted molar refractivity (Wildman–Crippen MR) is 57.3 cm³/mol. The molecule has 3 heteroatoms. The van der Waals surface area contributed by atoms with E-state index in [9.17, 15) is 0 Å². The Kier molecular flexibility index (Phi) is 2.35. The summed E-state index contributed by atoms with van der Waals surface area (Å²) in [5, 5.41) is 7.80. The van der Waals surface area contributed by atoms with E-state index in [0.29, 0.717) is 5.41 Å². The van der Waals surface area contributed by atoms with Crippen LogP contribution in [-0.4, -0.2) is 22.9 Å². The van der Waals surface area contributed by atoms with Gasteiger partial charge in [0.2, 0.25) is 0 Å². The van der Waals surface area contributed by atoms with E-state index in [0.717, 1.165) is 25.9 Å². The van der Waals surface area contributed by atoms with Gasteiger partial charge in [0.1, 0.15) is 0 Å². The second-order valence-electron chi connectivity index (χ2n) is 4.70.